The lowest BCUT2D eigenvalue weighted by Gasteiger charge is -2.07. The molecule has 0 bridgehead atoms. The quantitative estimate of drug-likeness (QED) is 0.865. The number of thiazole rings is 1. The summed E-state index contributed by atoms with van der Waals surface area (Å²) in [6.45, 7) is 4.71. The summed E-state index contributed by atoms with van der Waals surface area (Å²) in [4.78, 5) is 16.1. The molecular formula is C11H17N3O2S. The standard InChI is InChI=1S/C11H17N3O2S/c1-6(2)8-9(12)17-11(13-8)14-10(15)7-4-3-5-16-7/h6-7H,3-5,12H2,1-2H3,(H,13,14,15). The maximum absolute atomic E-state index is 11.8. The summed E-state index contributed by atoms with van der Waals surface area (Å²) < 4.78 is 5.30. The zero-order chi connectivity index (χ0) is 12.4. The van der Waals surface area contributed by atoms with E-state index >= 15 is 0 Å². The van der Waals surface area contributed by atoms with Crippen LogP contribution in [0, 0.1) is 0 Å². The zero-order valence-corrected chi connectivity index (χ0v) is 10.8. The van der Waals surface area contributed by atoms with Crippen LogP contribution in [0.15, 0.2) is 0 Å². The number of nitrogens with one attached hydrogen (secondary N) is 1. The van der Waals surface area contributed by atoms with Gasteiger partial charge >= 0.3 is 0 Å². The number of rotatable bonds is 3. The van der Waals surface area contributed by atoms with Crippen LogP contribution in [-0.2, 0) is 9.53 Å². The van der Waals surface area contributed by atoms with Gasteiger partial charge in [0.05, 0.1) is 5.69 Å². The Kier molecular flexibility index (Phi) is 3.63. The Labute approximate surface area is 104 Å². The summed E-state index contributed by atoms with van der Waals surface area (Å²) in [6.07, 6.45) is 1.39. The van der Waals surface area contributed by atoms with Gasteiger partial charge in [0.25, 0.3) is 5.91 Å². The first-order valence-electron chi connectivity index (χ1n) is 5.76. The van der Waals surface area contributed by atoms with Crippen molar-refractivity contribution in [2.45, 2.75) is 38.7 Å². The molecule has 0 spiro atoms. The second kappa shape index (κ2) is 5.01. The van der Waals surface area contributed by atoms with E-state index in [1.807, 2.05) is 13.8 Å². The summed E-state index contributed by atoms with van der Waals surface area (Å²) in [5.74, 6) is 0.145. The predicted octanol–water partition coefficient (Wildman–Crippen LogP) is 1.97. The minimum absolute atomic E-state index is 0.119. The van der Waals surface area contributed by atoms with Crippen LogP contribution < -0.4 is 11.1 Å². The topological polar surface area (TPSA) is 77.2 Å². The Balaban J connectivity index is 2.03. The fourth-order valence-corrected chi connectivity index (χ4v) is 2.67. The maximum Gasteiger partial charge on any atom is 0.255 e. The van der Waals surface area contributed by atoms with Gasteiger partial charge in [-0.2, -0.15) is 0 Å². The van der Waals surface area contributed by atoms with Crippen molar-refractivity contribution in [1.29, 1.82) is 0 Å². The smallest absolute Gasteiger partial charge is 0.255 e. The maximum atomic E-state index is 11.8. The van der Waals surface area contributed by atoms with Crippen LogP contribution in [0.2, 0.25) is 0 Å². The van der Waals surface area contributed by atoms with Gasteiger partial charge in [0.1, 0.15) is 11.1 Å². The van der Waals surface area contributed by atoms with E-state index in [4.69, 9.17) is 10.5 Å². The normalized spacial score (nSPS) is 19.8. The fraction of sp³-hybridized carbons (Fsp3) is 0.636. The van der Waals surface area contributed by atoms with Crippen LogP contribution in [0.4, 0.5) is 10.1 Å². The summed E-state index contributed by atoms with van der Waals surface area (Å²) in [5, 5.41) is 3.99. The molecule has 1 atom stereocenters. The van der Waals surface area contributed by atoms with Crippen LogP contribution in [0.5, 0.6) is 0 Å². The van der Waals surface area contributed by atoms with Crippen LogP contribution in [0.3, 0.4) is 0 Å². The number of amides is 1. The van der Waals surface area contributed by atoms with Crippen LogP contribution in [-0.4, -0.2) is 23.6 Å². The molecule has 0 radical (unpaired) electrons. The molecule has 2 rings (SSSR count). The molecule has 1 amide bonds. The highest BCUT2D eigenvalue weighted by molar-refractivity contribution is 7.19. The van der Waals surface area contributed by atoms with Crippen LogP contribution in [0.25, 0.3) is 0 Å². The fourth-order valence-electron chi connectivity index (χ4n) is 1.78. The molecule has 1 aliphatic rings. The molecule has 2 heterocycles. The number of ether oxygens (including phenoxy) is 1. The molecule has 1 fully saturated rings. The Bertz CT molecular complexity index is 411. The molecule has 0 saturated carbocycles. The van der Waals surface area contributed by atoms with Crippen molar-refractivity contribution in [2.75, 3.05) is 17.7 Å². The van der Waals surface area contributed by atoms with Gasteiger partial charge in [0, 0.05) is 6.61 Å². The van der Waals surface area contributed by atoms with Crippen molar-refractivity contribution in [3.05, 3.63) is 5.69 Å². The molecular weight excluding hydrogens is 238 g/mol. The van der Waals surface area contributed by atoms with Gasteiger partial charge in [-0.05, 0) is 18.8 Å². The lowest BCUT2D eigenvalue weighted by atomic mass is 10.1. The number of aromatic nitrogens is 1. The number of nitrogens with two attached hydrogens (primary N) is 1. The third kappa shape index (κ3) is 2.76. The highest BCUT2D eigenvalue weighted by Gasteiger charge is 2.24. The van der Waals surface area contributed by atoms with E-state index in [-0.39, 0.29) is 17.9 Å². The highest BCUT2D eigenvalue weighted by atomic mass is 32.1. The van der Waals surface area contributed by atoms with E-state index in [9.17, 15) is 4.79 Å². The second-order valence-electron chi connectivity index (χ2n) is 4.41. The van der Waals surface area contributed by atoms with Crippen molar-refractivity contribution in [3.63, 3.8) is 0 Å². The minimum Gasteiger partial charge on any atom is -0.389 e. The van der Waals surface area contributed by atoms with Crippen molar-refractivity contribution < 1.29 is 9.53 Å². The van der Waals surface area contributed by atoms with Gasteiger partial charge in [0.2, 0.25) is 0 Å². The predicted molar refractivity (Wildman–Crippen MR) is 68.2 cm³/mol. The Morgan fingerprint density at radius 3 is 2.94 bits per heavy atom. The number of carbonyl (C=O) groups excluding carboxylic acids is 1. The first-order valence-corrected chi connectivity index (χ1v) is 6.58. The van der Waals surface area contributed by atoms with Crippen LogP contribution >= 0.6 is 11.3 Å². The van der Waals surface area contributed by atoms with Gasteiger partial charge in [-0.3, -0.25) is 10.1 Å². The van der Waals surface area contributed by atoms with E-state index in [2.05, 4.69) is 10.3 Å². The summed E-state index contributed by atoms with van der Waals surface area (Å²) in [6, 6.07) is 0. The number of nitrogens with zero attached hydrogens (tertiary/aromatic N) is 1. The van der Waals surface area contributed by atoms with Gasteiger partial charge in [-0.1, -0.05) is 25.2 Å². The molecule has 6 heteroatoms. The Hall–Kier alpha value is -1.14. The first-order chi connectivity index (χ1) is 8.08. The van der Waals surface area contributed by atoms with Gasteiger partial charge in [0.15, 0.2) is 5.13 Å². The van der Waals surface area contributed by atoms with E-state index in [0.29, 0.717) is 16.7 Å². The van der Waals surface area contributed by atoms with Crippen LogP contribution in [0.1, 0.15) is 38.3 Å². The third-order valence-electron chi connectivity index (χ3n) is 2.68. The van der Waals surface area contributed by atoms with Crippen molar-refractivity contribution in [1.82, 2.24) is 4.98 Å². The number of carbonyl (C=O) groups is 1. The molecule has 1 aromatic rings. The summed E-state index contributed by atoms with van der Waals surface area (Å²) in [5.41, 5.74) is 6.69. The van der Waals surface area contributed by atoms with Gasteiger partial charge in [-0.25, -0.2) is 4.98 Å². The van der Waals surface area contributed by atoms with E-state index in [1.54, 1.807) is 0 Å². The summed E-state index contributed by atoms with van der Waals surface area (Å²) in [7, 11) is 0. The lowest BCUT2D eigenvalue weighted by Crippen LogP contribution is -2.26. The van der Waals surface area contributed by atoms with E-state index < -0.39 is 0 Å². The Morgan fingerprint density at radius 2 is 2.41 bits per heavy atom. The van der Waals surface area contributed by atoms with E-state index in [0.717, 1.165) is 18.5 Å². The molecule has 1 saturated heterocycles. The molecule has 3 N–H and O–H groups in total. The van der Waals surface area contributed by atoms with Crippen molar-refractivity contribution >= 4 is 27.4 Å². The number of hydrogen-bond donors (Lipinski definition) is 2. The van der Waals surface area contributed by atoms with Gasteiger partial charge in [-0.15, -0.1) is 0 Å². The molecule has 94 valence electrons. The van der Waals surface area contributed by atoms with Gasteiger partial charge < -0.3 is 10.5 Å². The second-order valence-corrected chi connectivity index (χ2v) is 5.44. The average Bonchev–Trinajstić information content (AvgIpc) is 2.86. The molecule has 1 aromatic heterocycles. The largest absolute Gasteiger partial charge is 0.389 e. The molecule has 0 aliphatic carbocycles. The van der Waals surface area contributed by atoms with Crippen molar-refractivity contribution in [2.24, 2.45) is 0 Å². The summed E-state index contributed by atoms with van der Waals surface area (Å²) >= 11 is 1.31. The third-order valence-corrected chi connectivity index (χ3v) is 3.50. The lowest BCUT2D eigenvalue weighted by molar-refractivity contribution is -0.124. The molecule has 5 nitrogen and oxygen atoms in total. The average molecular weight is 255 g/mol. The molecule has 1 aliphatic heterocycles. The number of anilines is 2. The molecule has 1 unspecified atom stereocenters. The monoisotopic (exact) mass is 255 g/mol. The highest BCUT2D eigenvalue weighted by Crippen LogP contribution is 2.30. The molecule has 0 aromatic carbocycles. The van der Waals surface area contributed by atoms with E-state index in [1.165, 1.54) is 11.3 Å². The number of hydrogen-bond acceptors (Lipinski definition) is 5. The zero-order valence-electron chi connectivity index (χ0n) is 10.0. The first kappa shape index (κ1) is 12.3. The minimum atomic E-state index is -0.331. The molecule has 17 heavy (non-hydrogen) atoms. The SMILES string of the molecule is CC(C)c1nc(NC(=O)C2CCCO2)sc1N. The number of nitrogen functional groups attached to an aromatic ring is 1. The van der Waals surface area contributed by atoms with Crippen molar-refractivity contribution in [3.8, 4) is 0 Å². The Morgan fingerprint density at radius 1 is 1.65 bits per heavy atom.